The van der Waals surface area contributed by atoms with Gasteiger partial charge in [-0.3, -0.25) is 4.79 Å². The maximum atomic E-state index is 12.5. The molecule has 144 valence electrons. The molecule has 0 aliphatic carbocycles. The summed E-state index contributed by atoms with van der Waals surface area (Å²) in [4.78, 5) is 26.2. The third-order valence-electron chi connectivity index (χ3n) is 4.68. The third-order valence-corrected chi connectivity index (χ3v) is 4.96. The summed E-state index contributed by atoms with van der Waals surface area (Å²) < 4.78 is 15.7. The second kappa shape index (κ2) is 7.56. The molecule has 2 aromatic carbocycles. The summed E-state index contributed by atoms with van der Waals surface area (Å²) in [7, 11) is 0. The van der Waals surface area contributed by atoms with E-state index in [1.54, 1.807) is 23.1 Å². The van der Waals surface area contributed by atoms with E-state index in [2.05, 4.69) is 0 Å². The lowest BCUT2D eigenvalue weighted by molar-refractivity contribution is -0.143. The zero-order valence-electron chi connectivity index (χ0n) is 15.2. The highest BCUT2D eigenvalue weighted by Gasteiger charge is 2.30. The van der Waals surface area contributed by atoms with Crippen molar-refractivity contribution in [1.29, 1.82) is 0 Å². The molecule has 0 saturated carbocycles. The number of esters is 1. The summed E-state index contributed by atoms with van der Waals surface area (Å²) >= 11 is 6.12. The molecule has 0 radical (unpaired) electrons. The van der Waals surface area contributed by atoms with Crippen LogP contribution in [0.5, 0.6) is 11.5 Å². The summed E-state index contributed by atoms with van der Waals surface area (Å²) in [5.74, 6) is 0.164. The highest BCUT2D eigenvalue weighted by atomic mass is 35.5. The zero-order valence-corrected chi connectivity index (χ0v) is 15.9. The van der Waals surface area contributed by atoms with Crippen LogP contribution in [0.1, 0.15) is 18.1 Å². The molecule has 2 aliphatic heterocycles. The second-order valence-electron chi connectivity index (χ2n) is 6.62. The second-order valence-corrected chi connectivity index (χ2v) is 7.03. The molecule has 1 atom stereocenters. The van der Waals surface area contributed by atoms with Gasteiger partial charge in [0.2, 0.25) is 6.79 Å². The molecule has 0 N–H and O–H groups in total. The monoisotopic (exact) mass is 399 g/mol. The maximum absolute atomic E-state index is 12.5. The molecule has 6 nitrogen and oxygen atoms in total. The van der Waals surface area contributed by atoms with Crippen molar-refractivity contribution in [1.82, 2.24) is 0 Å². The van der Waals surface area contributed by atoms with Crippen molar-refractivity contribution in [2.24, 2.45) is 0 Å². The van der Waals surface area contributed by atoms with Crippen molar-refractivity contribution in [2.75, 3.05) is 18.3 Å². The Hall–Kier alpha value is -2.99. The number of ether oxygens (including phenoxy) is 3. The number of nitrogens with zero attached hydrogens (tertiary/aromatic N) is 1. The number of hydrogen-bond acceptors (Lipinski definition) is 5. The molecule has 2 heterocycles. The number of benzene rings is 2. The smallest absolute Gasteiger partial charge is 0.331 e. The van der Waals surface area contributed by atoms with E-state index >= 15 is 0 Å². The number of hydrogen-bond donors (Lipinski definition) is 0. The van der Waals surface area contributed by atoms with Crippen LogP contribution in [0.2, 0.25) is 5.02 Å². The van der Waals surface area contributed by atoms with Gasteiger partial charge in [-0.25, -0.2) is 4.79 Å². The van der Waals surface area contributed by atoms with Crippen LogP contribution in [0.4, 0.5) is 5.69 Å². The number of para-hydroxylation sites is 1. The highest BCUT2D eigenvalue weighted by Crippen LogP contribution is 2.40. The van der Waals surface area contributed by atoms with Gasteiger partial charge in [0.05, 0.1) is 5.02 Å². The van der Waals surface area contributed by atoms with Crippen LogP contribution in [0, 0.1) is 0 Å². The lowest BCUT2D eigenvalue weighted by Crippen LogP contribution is -2.38. The van der Waals surface area contributed by atoms with E-state index in [1.807, 2.05) is 31.2 Å². The molecule has 0 saturated heterocycles. The van der Waals surface area contributed by atoms with Crippen molar-refractivity contribution in [2.45, 2.75) is 19.4 Å². The standard InChI is InChI=1S/C21H18ClNO5/c1-13-8-15-4-2-3-5-17(15)23(13)19(24)11-26-20(25)7-6-14-9-16(22)21-18(10-14)27-12-28-21/h2-7,9-10,13H,8,11-12H2,1H3/b7-6+/t13-/m1/s1. The van der Waals surface area contributed by atoms with Gasteiger partial charge >= 0.3 is 5.97 Å². The molecular weight excluding hydrogens is 382 g/mol. The van der Waals surface area contributed by atoms with Gasteiger partial charge in [0.25, 0.3) is 5.91 Å². The van der Waals surface area contributed by atoms with Gasteiger partial charge in [-0.15, -0.1) is 0 Å². The summed E-state index contributed by atoms with van der Waals surface area (Å²) in [6.45, 7) is 1.77. The van der Waals surface area contributed by atoms with E-state index in [9.17, 15) is 9.59 Å². The maximum Gasteiger partial charge on any atom is 0.331 e. The van der Waals surface area contributed by atoms with Crippen LogP contribution in [0.25, 0.3) is 6.08 Å². The van der Waals surface area contributed by atoms with Crippen LogP contribution in [0.15, 0.2) is 42.5 Å². The van der Waals surface area contributed by atoms with Crippen molar-refractivity contribution in [3.05, 3.63) is 58.6 Å². The molecule has 7 heteroatoms. The largest absolute Gasteiger partial charge is 0.454 e. The number of fused-ring (bicyclic) bond motifs is 2. The van der Waals surface area contributed by atoms with E-state index in [4.69, 9.17) is 25.8 Å². The lowest BCUT2D eigenvalue weighted by atomic mass is 10.1. The average molecular weight is 400 g/mol. The fraction of sp³-hybridized carbons (Fsp3) is 0.238. The Bertz CT molecular complexity index is 971. The Morgan fingerprint density at radius 3 is 2.96 bits per heavy atom. The van der Waals surface area contributed by atoms with E-state index < -0.39 is 5.97 Å². The van der Waals surface area contributed by atoms with Crippen molar-refractivity contribution < 1.29 is 23.8 Å². The lowest BCUT2D eigenvalue weighted by Gasteiger charge is -2.22. The first-order chi connectivity index (χ1) is 13.5. The molecule has 0 spiro atoms. The molecule has 0 aromatic heterocycles. The Morgan fingerprint density at radius 1 is 1.29 bits per heavy atom. The number of anilines is 1. The average Bonchev–Trinajstić information content (AvgIpc) is 3.28. The summed E-state index contributed by atoms with van der Waals surface area (Å²) in [5.41, 5.74) is 2.66. The number of amides is 1. The molecule has 28 heavy (non-hydrogen) atoms. The third kappa shape index (κ3) is 3.55. The van der Waals surface area contributed by atoms with Crippen LogP contribution < -0.4 is 14.4 Å². The van der Waals surface area contributed by atoms with Crippen molar-refractivity contribution >= 4 is 35.2 Å². The molecule has 2 aliphatic rings. The Balaban J connectivity index is 1.37. The Kier molecular flexibility index (Phi) is 4.96. The predicted octanol–water partition coefficient (Wildman–Crippen LogP) is 3.60. The van der Waals surface area contributed by atoms with Gasteiger partial charge in [-0.2, -0.15) is 0 Å². The quantitative estimate of drug-likeness (QED) is 0.580. The molecule has 2 aromatic rings. The van der Waals surface area contributed by atoms with E-state index in [-0.39, 0.29) is 25.3 Å². The van der Waals surface area contributed by atoms with Crippen molar-refractivity contribution in [3.8, 4) is 11.5 Å². The number of carbonyl (C=O) groups excluding carboxylic acids is 2. The topological polar surface area (TPSA) is 65.1 Å². The number of carbonyl (C=O) groups is 2. The summed E-state index contributed by atoms with van der Waals surface area (Å²) in [5, 5.41) is 0.403. The van der Waals surface area contributed by atoms with E-state index in [1.165, 1.54) is 6.08 Å². The Labute approximate surface area is 167 Å². The number of rotatable bonds is 4. The molecule has 0 fully saturated rings. The molecule has 0 bridgehead atoms. The SMILES string of the molecule is C[C@@H]1Cc2ccccc2N1C(=O)COC(=O)/C=C/c1cc(Cl)c2c(c1)OCO2. The molecule has 4 rings (SSSR count). The minimum atomic E-state index is -0.609. The first-order valence-electron chi connectivity index (χ1n) is 8.87. The Morgan fingerprint density at radius 2 is 2.11 bits per heavy atom. The van der Waals surface area contributed by atoms with Gasteiger partial charge in [0, 0.05) is 17.8 Å². The van der Waals surface area contributed by atoms with Crippen LogP contribution >= 0.6 is 11.6 Å². The first-order valence-corrected chi connectivity index (χ1v) is 9.24. The predicted molar refractivity (Wildman–Crippen MR) is 105 cm³/mol. The van der Waals surface area contributed by atoms with Crippen LogP contribution in [-0.4, -0.2) is 31.3 Å². The molecule has 0 unspecified atom stereocenters. The van der Waals surface area contributed by atoms with Gasteiger partial charge in [0.1, 0.15) is 0 Å². The molecular formula is C21H18ClNO5. The highest BCUT2D eigenvalue weighted by molar-refractivity contribution is 6.32. The van der Waals surface area contributed by atoms with E-state index in [0.29, 0.717) is 22.1 Å². The van der Waals surface area contributed by atoms with Gasteiger partial charge < -0.3 is 19.1 Å². The summed E-state index contributed by atoms with van der Waals surface area (Å²) in [6, 6.07) is 11.2. The van der Waals surface area contributed by atoms with Gasteiger partial charge in [-0.05, 0) is 48.7 Å². The zero-order chi connectivity index (χ0) is 19.7. The van der Waals surface area contributed by atoms with Crippen LogP contribution in [-0.2, 0) is 20.7 Å². The summed E-state index contributed by atoms with van der Waals surface area (Å²) in [6.07, 6.45) is 3.59. The minimum Gasteiger partial charge on any atom is -0.454 e. The van der Waals surface area contributed by atoms with Crippen LogP contribution in [0.3, 0.4) is 0 Å². The van der Waals surface area contributed by atoms with Gasteiger partial charge in [-0.1, -0.05) is 29.8 Å². The first kappa shape index (κ1) is 18.4. The van der Waals surface area contributed by atoms with Crippen molar-refractivity contribution in [3.63, 3.8) is 0 Å². The fourth-order valence-corrected chi connectivity index (χ4v) is 3.72. The minimum absolute atomic E-state index is 0.0370. The number of halogens is 1. The molecule has 1 amide bonds. The normalized spacial score (nSPS) is 17.1. The fourth-order valence-electron chi connectivity index (χ4n) is 3.44. The van der Waals surface area contributed by atoms with Gasteiger partial charge in [0.15, 0.2) is 18.1 Å². The van der Waals surface area contributed by atoms with E-state index in [0.717, 1.165) is 17.7 Å².